The highest BCUT2D eigenvalue weighted by Gasteiger charge is 2.20. The minimum absolute atomic E-state index is 0.259. The molecule has 0 saturated heterocycles. The summed E-state index contributed by atoms with van der Waals surface area (Å²) >= 11 is 0. The lowest BCUT2D eigenvalue weighted by atomic mass is 10.1. The number of aromatic nitrogens is 3. The largest absolute Gasteiger partial charge is 0.348 e. The van der Waals surface area contributed by atoms with Crippen molar-refractivity contribution in [3.63, 3.8) is 0 Å². The third-order valence-electron chi connectivity index (χ3n) is 4.29. The van der Waals surface area contributed by atoms with Crippen LogP contribution in [0.25, 0.3) is 16.9 Å². The standard InChI is InChI=1S/C22H17FN4O/c23-18-9-4-10-19(12-18)27-21(17-7-2-1-3-8-17)20(15-26-27)22(28)25-14-16-6-5-11-24-13-16/h1-13,15H,14H2,(H,25,28). The fourth-order valence-electron chi connectivity index (χ4n) is 2.97. The highest BCUT2D eigenvalue weighted by atomic mass is 19.1. The minimum atomic E-state index is -0.366. The van der Waals surface area contributed by atoms with Gasteiger partial charge in [0.05, 0.1) is 23.1 Å². The molecule has 0 fully saturated rings. The van der Waals surface area contributed by atoms with E-state index in [-0.39, 0.29) is 11.7 Å². The molecule has 5 nitrogen and oxygen atoms in total. The molecule has 0 aliphatic rings. The van der Waals surface area contributed by atoms with Crippen molar-refractivity contribution in [2.24, 2.45) is 0 Å². The lowest BCUT2D eigenvalue weighted by Crippen LogP contribution is -2.23. The van der Waals surface area contributed by atoms with Crippen LogP contribution in [0.3, 0.4) is 0 Å². The summed E-state index contributed by atoms with van der Waals surface area (Å²) in [5, 5.41) is 7.25. The molecule has 0 bridgehead atoms. The van der Waals surface area contributed by atoms with Gasteiger partial charge in [-0.25, -0.2) is 9.07 Å². The second kappa shape index (κ2) is 7.84. The van der Waals surface area contributed by atoms with Gasteiger partial charge in [-0.15, -0.1) is 0 Å². The van der Waals surface area contributed by atoms with Gasteiger partial charge >= 0.3 is 0 Å². The molecule has 2 heterocycles. The molecule has 28 heavy (non-hydrogen) atoms. The molecule has 0 unspecified atom stereocenters. The predicted octanol–water partition coefficient (Wildman–Crippen LogP) is 4.00. The van der Waals surface area contributed by atoms with E-state index in [0.717, 1.165) is 11.1 Å². The molecule has 2 aromatic carbocycles. The number of nitrogens with one attached hydrogen (secondary N) is 1. The van der Waals surface area contributed by atoms with Crippen molar-refractivity contribution in [3.8, 4) is 16.9 Å². The third kappa shape index (κ3) is 3.66. The zero-order valence-electron chi connectivity index (χ0n) is 14.9. The van der Waals surface area contributed by atoms with Crippen molar-refractivity contribution in [1.82, 2.24) is 20.1 Å². The molecule has 1 amide bonds. The number of benzene rings is 2. The number of amides is 1. The van der Waals surface area contributed by atoms with E-state index in [1.165, 1.54) is 18.3 Å². The van der Waals surface area contributed by atoms with Crippen molar-refractivity contribution >= 4 is 5.91 Å². The van der Waals surface area contributed by atoms with Crippen LogP contribution < -0.4 is 5.32 Å². The molecule has 0 radical (unpaired) electrons. The maximum Gasteiger partial charge on any atom is 0.255 e. The number of carbonyl (C=O) groups excluding carboxylic acids is 1. The van der Waals surface area contributed by atoms with E-state index in [4.69, 9.17) is 0 Å². The van der Waals surface area contributed by atoms with Crippen LogP contribution in [-0.2, 0) is 6.54 Å². The lowest BCUT2D eigenvalue weighted by molar-refractivity contribution is 0.0951. The van der Waals surface area contributed by atoms with Crippen LogP contribution in [-0.4, -0.2) is 20.7 Å². The van der Waals surface area contributed by atoms with Crippen LogP contribution in [0.4, 0.5) is 4.39 Å². The second-order valence-corrected chi connectivity index (χ2v) is 6.21. The van der Waals surface area contributed by atoms with Crippen LogP contribution in [0, 0.1) is 5.82 Å². The Morgan fingerprint density at radius 2 is 1.86 bits per heavy atom. The van der Waals surface area contributed by atoms with E-state index in [1.807, 2.05) is 42.5 Å². The molecule has 2 aromatic heterocycles. The van der Waals surface area contributed by atoms with Crippen molar-refractivity contribution in [3.05, 3.63) is 102 Å². The van der Waals surface area contributed by atoms with Gasteiger partial charge in [-0.05, 0) is 29.8 Å². The zero-order valence-corrected chi connectivity index (χ0v) is 14.9. The van der Waals surface area contributed by atoms with Gasteiger partial charge in [0.25, 0.3) is 5.91 Å². The summed E-state index contributed by atoms with van der Waals surface area (Å²) in [6.07, 6.45) is 4.89. The van der Waals surface area contributed by atoms with Gasteiger partial charge in [0.2, 0.25) is 0 Å². The van der Waals surface area contributed by atoms with Gasteiger partial charge in [0.15, 0.2) is 0 Å². The summed E-state index contributed by atoms with van der Waals surface area (Å²) in [5.41, 5.74) is 3.28. The van der Waals surface area contributed by atoms with Gasteiger partial charge in [-0.3, -0.25) is 9.78 Å². The average molecular weight is 372 g/mol. The van der Waals surface area contributed by atoms with Crippen LogP contribution >= 0.6 is 0 Å². The molecule has 138 valence electrons. The Kier molecular flexibility index (Phi) is 4.93. The van der Waals surface area contributed by atoms with Crippen molar-refractivity contribution < 1.29 is 9.18 Å². The average Bonchev–Trinajstić information content (AvgIpc) is 3.19. The Bertz CT molecular complexity index is 1090. The van der Waals surface area contributed by atoms with Gasteiger partial charge < -0.3 is 5.32 Å². The fourth-order valence-corrected chi connectivity index (χ4v) is 2.97. The lowest BCUT2D eigenvalue weighted by Gasteiger charge is -2.11. The van der Waals surface area contributed by atoms with Gasteiger partial charge in [-0.2, -0.15) is 5.10 Å². The van der Waals surface area contributed by atoms with Crippen molar-refractivity contribution in [1.29, 1.82) is 0 Å². The van der Waals surface area contributed by atoms with Gasteiger partial charge in [0.1, 0.15) is 5.82 Å². The molecule has 0 aliphatic carbocycles. The molecular weight excluding hydrogens is 355 g/mol. The Labute approximate surface area is 161 Å². The third-order valence-corrected chi connectivity index (χ3v) is 4.29. The summed E-state index contributed by atoms with van der Waals surface area (Å²) in [6, 6.07) is 19.3. The van der Waals surface area contributed by atoms with E-state index in [0.29, 0.717) is 23.5 Å². The van der Waals surface area contributed by atoms with Crippen LogP contribution in [0.1, 0.15) is 15.9 Å². The summed E-state index contributed by atoms with van der Waals surface area (Å²) in [7, 11) is 0. The van der Waals surface area contributed by atoms with E-state index >= 15 is 0 Å². The molecule has 0 aliphatic heterocycles. The molecular formula is C22H17FN4O. The predicted molar refractivity (Wildman–Crippen MR) is 104 cm³/mol. The van der Waals surface area contributed by atoms with E-state index < -0.39 is 0 Å². The number of pyridine rings is 1. The summed E-state index contributed by atoms with van der Waals surface area (Å²) in [6.45, 7) is 0.353. The summed E-state index contributed by atoms with van der Waals surface area (Å²) < 4.78 is 15.3. The first-order chi connectivity index (χ1) is 13.7. The first-order valence-corrected chi connectivity index (χ1v) is 8.79. The normalized spacial score (nSPS) is 10.6. The summed E-state index contributed by atoms with van der Waals surface area (Å²) in [5.74, 6) is -0.625. The molecule has 4 rings (SSSR count). The topological polar surface area (TPSA) is 59.8 Å². The fraction of sp³-hybridized carbons (Fsp3) is 0.0455. The molecule has 1 N–H and O–H groups in total. The minimum Gasteiger partial charge on any atom is -0.348 e. The monoisotopic (exact) mass is 372 g/mol. The highest BCUT2D eigenvalue weighted by Crippen LogP contribution is 2.27. The Morgan fingerprint density at radius 3 is 2.61 bits per heavy atom. The SMILES string of the molecule is O=C(NCc1cccnc1)c1cnn(-c2cccc(F)c2)c1-c1ccccc1. The highest BCUT2D eigenvalue weighted by molar-refractivity contribution is 6.00. The van der Waals surface area contributed by atoms with E-state index in [9.17, 15) is 9.18 Å². The van der Waals surface area contributed by atoms with Gasteiger partial charge in [0, 0.05) is 24.5 Å². The molecule has 6 heteroatoms. The van der Waals surface area contributed by atoms with Crippen molar-refractivity contribution in [2.45, 2.75) is 6.54 Å². The number of hydrogen-bond acceptors (Lipinski definition) is 3. The zero-order chi connectivity index (χ0) is 19.3. The number of hydrogen-bond donors (Lipinski definition) is 1. The Balaban J connectivity index is 1.72. The first kappa shape index (κ1) is 17.6. The summed E-state index contributed by atoms with van der Waals surface area (Å²) in [4.78, 5) is 16.9. The Morgan fingerprint density at radius 1 is 1.00 bits per heavy atom. The van der Waals surface area contributed by atoms with Crippen molar-refractivity contribution in [2.75, 3.05) is 0 Å². The molecule has 0 spiro atoms. The molecule has 4 aromatic rings. The second-order valence-electron chi connectivity index (χ2n) is 6.21. The molecule has 0 atom stereocenters. The van der Waals surface area contributed by atoms with Gasteiger partial charge in [-0.1, -0.05) is 42.5 Å². The first-order valence-electron chi connectivity index (χ1n) is 8.79. The van der Waals surface area contributed by atoms with E-state index in [1.54, 1.807) is 29.2 Å². The van der Waals surface area contributed by atoms with Crippen LogP contribution in [0.5, 0.6) is 0 Å². The number of carbonyl (C=O) groups is 1. The number of nitrogens with zero attached hydrogens (tertiary/aromatic N) is 3. The van der Waals surface area contributed by atoms with Crippen LogP contribution in [0.2, 0.25) is 0 Å². The quantitative estimate of drug-likeness (QED) is 0.576. The smallest absolute Gasteiger partial charge is 0.255 e. The molecule has 0 saturated carbocycles. The Hall–Kier alpha value is -3.80. The van der Waals surface area contributed by atoms with Crippen LogP contribution in [0.15, 0.2) is 85.3 Å². The number of halogens is 1. The number of rotatable bonds is 5. The maximum absolute atomic E-state index is 13.7. The maximum atomic E-state index is 13.7. The van der Waals surface area contributed by atoms with E-state index in [2.05, 4.69) is 15.4 Å².